The Morgan fingerprint density at radius 1 is 1.52 bits per heavy atom. The van der Waals surface area contributed by atoms with Gasteiger partial charge in [0.05, 0.1) is 12.7 Å². The second-order valence-electron chi connectivity index (χ2n) is 5.49. The molecule has 3 rings (SSSR count). The van der Waals surface area contributed by atoms with E-state index < -0.39 is 41.1 Å². The summed E-state index contributed by atoms with van der Waals surface area (Å²) < 4.78 is 28.4. The Morgan fingerprint density at radius 3 is 2.70 bits per heavy atom. The summed E-state index contributed by atoms with van der Waals surface area (Å²) in [7, 11) is 0.957. The highest BCUT2D eigenvalue weighted by atomic mass is 79.9. The van der Waals surface area contributed by atoms with E-state index in [1.54, 1.807) is 0 Å². The largest absolute Gasteiger partial charge is 0.542 e. The zero-order valence-corrected chi connectivity index (χ0v) is 15.6. The maximum atomic E-state index is 13.0. The first kappa shape index (κ1) is 16.9. The van der Waals surface area contributed by atoms with Gasteiger partial charge < -0.3 is 9.55 Å². The predicted octanol–water partition coefficient (Wildman–Crippen LogP) is -0.885. The van der Waals surface area contributed by atoms with E-state index in [4.69, 9.17) is 8.05 Å². The smallest absolute Gasteiger partial charge is 0.378 e. The molecule has 0 N–H and O–H groups in total. The molecule has 2 aliphatic rings. The molecule has 2 fully saturated rings. The number of rotatable bonds is 3. The molecule has 0 saturated carbocycles. The van der Waals surface area contributed by atoms with Crippen LogP contribution >= 0.6 is 31.9 Å². The van der Waals surface area contributed by atoms with E-state index in [1.165, 1.54) is 24.0 Å². The van der Waals surface area contributed by atoms with Gasteiger partial charge in [-0.15, -0.1) is 5.10 Å². The first-order valence-corrected chi connectivity index (χ1v) is 9.41. The van der Waals surface area contributed by atoms with Crippen molar-refractivity contribution < 1.29 is 22.7 Å². The van der Waals surface area contributed by atoms with Crippen molar-refractivity contribution in [3.63, 3.8) is 0 Å². The van der Waals surface area contributed by atoms with Crippen LogP contribution in [-0.4, -0.2) is 67.6 Å². The highest BCUT2D eigenvalue weighted by molar-refractivity contribution is 9.26. The lowest BCUT2D eigenvalue weighted by atomic mass is 9.96. The van der Waals surface area contributed by atoms with Gasteiger partial charge >= 0.3 is 14.0 Å². The van der Waals surface area contributed by atoms with Crippen LogP contribution in [-0.2, 0) is 30.6 Å². The fraction of sp³-hybridized carbons (Fsp3) is 0.600. The molecule has 0 aromatic carbocycles. The molecule has 9 nitrogen and oxygen atoms in total. The molecular weight excluding hydrogens is 459 g/mol. The molecule has 1 aromatic heterocycles. The first-order valence-electron chi connectivity index (χ1n) is 6.27. The van der Waals surface area contributed by atoms with E-state index in [0.717, 1.165) is 4.90 Å². The lowest BCUT2D eigenvalue weighted by Gasteiger charge is -2.45. The van der Waals surface area contributed by atoms with E-state index in [2.05, 4.69) is 46.8 Å². The summed E-state index contributed by atoms with van der Waals surface area (Å²) in [6, 6.07) is -1.39. The number of alkyl halides is 2. The van der Waals surface area contributed by atoms with E-state index >= 15 is 0 Å². The summed E-state index contributed by atoms with van der Waals surface area (Å²) in [5.41, 5.74) is 0. The minimum atomic E-state index is -3.98. The van der Waals surface area contributed by atoms with Gasteiger partial charge in [0.1, 0.15) is 4.75 Å². The fourth-order valence-electron chi connectivity index (χ4n) is 3.04. The normalized spacial score (nSPS) is 33.9. The third-order valence-corrected chi connectivity index (χ3v) is 9.14. The zero-order chi connectivity index (χ0) is 17.2. The van der Waals surface area contributed by atoms with E-state index in [1.807, 2.05) is 0 Å². The Hall–Kier alpha value is -0.945. The molecular formula is C10H9BBr2N4O5S. The molecule has 0 bridgehead atoms. The van der Waals surface area contributed by atoms with Crippen LogP contribution in [0.3, 0.4) is 0 Å². The van der Waals surface area contributed by atoms with Crippen LogP contribution in [0.15, 0.2) is 12.4 Å². The van der Waals surface area contributed by atoms with Gasteiger partial charge in [-0.1, -0.05) is 37.1 Å². The molecule has 122 valence electrons. The molecule has 3 heterocycles. The Labute approximate surface area is 149 Å². The average Bonchev–Trinajstić information content (AvgIpc) is 3.02. The van der Waals surface area contributed by atoms with Crippen molar-refractivity contribution in [3.8, 4) is 0 Å². The third kappa shape index (κ3) is 1.99. The standard InChI is InChI=1S/C10H9BBr2N4O5S/c1-9(4-16-3-2-14-15-16)5(6(18)22-11)17-7(19)10(12,13)8(17)23(9,20)21/h2-3,5,8H,4H2,1H3/t5?,8?,9-/m0/s1. The van der Waals surface area contributed by atoms with Crippen LogP contribution in [0, 0.1) is 0 Å². The van der Waals surface area contributed by atoms with Crippen molar-refractivity contribution in [2.75, 3.05) is 0 Å². The second kappa shape index (κ2) is 5.02. The summed E-state index contributed by atoms with van der Waals surface area (Å²) in [6.07, 6.45) is 2.83. The number of hydrogen-bond acceptors (Lipinski definition) is 7. The van der Waals surface area contributed by atoms with Crippen LogP contribution in [0.5, 0.6) is 0 Å². The number of carbonyl (C=O) groups is 2. The highest BCUT2D eigenvalue weighted by Gasteiger charge is 2.78. The van der Waals surface area contributed by atoms with Gasteiger partial charge in [-0.05, 0) is 6.92 Å². The molecule has 3 atom stereocenters. The number of aromatic nitrogens is 3. The Balaban J connectivity index is 2.15. The second-order valence-corrected chi connectivity index (χ2v) is 11.5. The minimum Gasteiger partial charge on any atom is -0.542 e. The van der Waals surface area contributed by atoms with E-state index in [-0.39, 0.29) is 6.54 Å². The van der Waals surface area contributed by atoms with Crippen LogP contribution in [0.1, 0.15) is 6.92 Å². The molecule has 0 spiro atoms. The number of amides is 1. The minimum absolute atomic E-state index is 0.189. The van der Waals surface area contributed by atoms with Gasteiger partial charge in [0, 0.05) is 6.20 Å². The SMILES string of the molecule is [B]OC(=O)C1N2C(=O)C(Br)(Br)C2S(=O)(=O)[C@@]1(C)Cn1ccnn1. The maximum Gasteiger partial charge on any atom is 0.378 e. The molecule has 1 aromatic rings. The van der Waals surface area contributed by atoms with Crippen molar-refractivity contribution in [1.29, 1.82) is 0 Å². The number of sulfone groups is 1. The van der Waals surface area contributed by atoms with Gasteiger partial charge in [0.25, 0.3) is 5.91 Å². The average molecular weight is 468 g/mol. The highest BCUT2D eigenvalue weighted by Crippen LogP contribution is 2.57. The topological polar surface area (TPSA) is 111 Å². The quantitative estimate of drug-likeness (QED) is 0.322. The van der Waals surface area contributed by atoms with Gasteiger partial charge in [0.15, 0.2) is 24.5 Å². The maximum absolute atomic E-state index is 13.0. The number of nitrogens with zero attached hydrogens (tertiary/aromatic N) is 4. The summed E-state index contributed by atoms with van der Waals surface area (Å²) in [4.78, 5) is 25.3. The Kier molecular flexibility index (Phi) is 3.69. The first-order chi connectivity index (χ1) is 10.6. The fourth-order valence-corrected chi connectivity index (χ4v) is 7.71. The number of carbonyl (C=O) groups excluding carboxylic acids is 2. The van der Waals surface area contributed by atoms with Crippen molar-refractivity contribution in [3.05, 3.63) is 12.4 Å². The molecule has 13 heteroatoms. The van der Waals surface area contributed by atoms with Crippen LogP contribution < -0.4 is 0 Å². The molecule has 1 amide bonds. The molecule has 0 aliphatic carbocycles. The van der Waals surface area contributed by atoms with Crippen molar-refractivity contribution in [2.45, 2.75) is 32.9 Å². The van der Waals surface area contributed by atoms with Crippen molar-refractivity contribution in [2.24, 2.45) is 0 Å². The van der Waals surface area contributed by atoms with Gasteiger partial charge in [-0.3, -0.25) is 14.3 Å². The Bertz CT molecular complexity index is 785. The summed E-state index contributed by atoms with van der Waals surface area (Å²) >= 11 is 6.14. The van der Waals surface area contributed by atoms with Crippen LogP contribution in [0.4, 0.5) is 0 Å². The number of β-lactam (4-membered cyclic amide) rings is 1. The third-order valence-electron chi connectivity index (χ3n) is 4.17. The molecule has 2 unspecified atom stereocenters. The molecule has 23 heavy (non-hydrogen) atoms. The summed E-state index contributed by atoms with van der Waals surface area (Å²) in [5.74, 6) is -1.61. The van der Waals surface area contributed by atoms with Crippen LogP contribution in [0.2, 0.25) is 0 Å². The summed E-state index contributed by atoms with van der Waals surface area (Å²) in [6.45, 7) is 1.17. The monoisotopic (exact) mass is 466 g/mol. The van der Waals surface area contributed by atoms with Crippen molar-refractivity contribution in [1.82, 2.24) is 19.9 Å². The van der Waals surface area contributed by atoms with Crippen molar-refractivity contribution >= 4 is 61.6 Å². The predicted molar refractivity (Wildman–Crippen MR) is 84.2 cm³/mol. The lowest BCUT2D eigenvalue weighted by molar-refractivity contribution is -0.155. The molecule has 2 radical (unpaired) electrons. The molecule has 2 saturated heterocycles. The van der Waals surface area contributed by atoms with Gasteiger partial charge in [0.2, 0.25) is 0 Å². The van der Waals surface area contributed by atoms with Gasteiger partial charge in [-0.25, -0.2) is 8.42 Å². The van der Waals surface area contributed by atoms with Crippen LogP contribution in [0.25, 0.3) is 0 Å². The number of halogens is 2. The Morgan fingerprint density at radius 2 is 2.17 bits per heavy atom. The zero-order valence-electron chi connectivity index (χ0n) is 11.6. The lowest BCUT2D eigenvalue weighted by Crippen LogP contribution is -2.69. The number of fused-ring (bicyclic) bond motifs is 1. The van der Waals surface area contributed by atoms with E-state index in [9.17, 15) is 18.0 Å². The summed E-state index contributed by atoms with van der Waals surface area (Å²) in [5, 5.41) is 6.07. The van der Waals surface area contributed by atoms with E-state index in [0.29, 0.717) is 0 Å². The number of hydrogen-bond donors (Lipinski definition) is 0. The molecule has 2 aliphatic heterocycles. The van der Waals surface area contributed by atoms with Gasteiger partial charge in [-0.2, -0.15) is 0 Å².